The fourth-order valence-electron chi connectivity index (χ4n) is 1.71. The van der Waals surface area contributed by atoms with Gasteiger partial charge in [0.1, 0.15) is 17.1 Å². The molecule has 3 aromatic rings. The van der Waals surface area contributed by atoms with E-state index in [2.05, 4.69) is 25.9 Å². The highest BCUT2D eigenvalue weighted by atomic mass is 79.9. The average Bonchev–Trinajstić information content (AvgIpc) is 2.42. The lowest BCUT2D eigenvalue weighted by Gasteiger charge is -2.05. The van der Waals surface area contributed by atoms with Crippen LogP contribution >= 0.6 is 27.7 Å². The van der Waals surface area contributed by atoms with Gasteiger partial charge in [0.15, 0.2) is 0 Å². The molecule has 0 spiro atoms. The molecule has 0 aliphatic rings. The van der Waals surface area contributed by atoms with Gasteiger partial charge in [-0.05, 0) is 42.5 Å². The van der Waals surface area contributed by atoms with E-state index in [1.807, 2.05) is 30.3 Å². The summed E-state index contributed by atoms with van der Waals surface area (Å²) in [7, 11) is 0. The van der Waals surface area contributed by atoms with E-state index >= 15 is 0 Å². The van der Waals surface area contributed by atoms with Gasteiger partial charge in [0.25, 0.3) is 0 Å². The second-order valence-corrected chi connectivity index (χ2v) is 5.91. The van der Waals surface area contributed by atoms with Gasteiger partial charge in [-0.1, -0.05) is 27.7 Å². The first kappa shape index (κ1) is 12.4. The predicted molar refractivity (Wildman–Crippen MR) is 79.5 cm³/mol. The second-order valence-electron chi connectivity index (χ2n) is 3.94. The minimum absolute atomic E-state index is 0.264. The molecule has 0 aliphatic heterocycles. The van der Waals surface area contributed by atoms with Crippen LogP contribution in [0.1, 0.15) is 0 Å². The van der Waals surface area contributed by atoms with E-state index in [0.29, 0.717) is 0 Å². The quantitative estimate of drug-likeness (QED) is 0.712. The maximum absolute atomic E-state index is 9.29. The third-order valence-electron chi connectivity index (χ3n) is 2.61. The molecule has 0 amide bonds. The predicted octanol–water partition coefficient (Wildman–Crippen LogP) is 4.25. The van der Waals surface area contributed by atoms with Gasteiger partial charge in [-0.3, -0.25) is 0 Å². The van der Waals surface area contributed by atoms with Crippen LogP contribution in [0.4, 0.5) is 0 Å². The minimum Gasteiger partial charge on any atom is -0.508 e. The van der Waals surface area contributed by atoms with Crippen LogP contribution in [0.5, 0.6) is 5.75 Å². The fourth-order valence-corrected chi connectivity index (χ4v) is 2.94. The summed E-state index contributed by atoms with van der Waals surface area (Å²) in [5.41, 5.74) is 0.916. The highest BCUT2D eigenvalue weighted by Crippen LogP contribution is 2.32. The number of fused-ring (bicyclic) bond motifs is 1. The summed E-state index contributed by atoms with van der Waals surface area (Å²) in [5.74, 6) is 0.264. The number of halogens is 1. The van der Waals surface area contributed by atoms with E-state index in [4.69, 9.17) is 0 Å². The van der Waals surface area contributed by atoms with E-state index in [1.165, 1.54) is 0 Å². The number of aromatic hydroxyl groups is 1. The summed E-state index contributed by atoms with van der Waals surface area (Å²) in [6, 6.07) is 13.0. The summed E-state index contributed by atoms with van der Waals surface area (Å²) < 4.78 is 1.00. The lowest BCUT2D eigenvalue weighted by atomic mass is 10.2. The molecule has 3 rings (SSSR count). The first-order chi connectivity index (χ1) is 9.22. The number of hydrogen-bond acceptors (Lipinski definition) is 4. The van der Waals surface area contributed by atoms with Crippen LogP contribution in [0, 0.1) is 0 Å². The standard InChI is InChI=1S/C14H9BrN2OS/c15-9-1-6-13-12(7-9)14(17-8-16-13)19-11-4-2-10(18)3-5-11/h1-8,18H. The molecular weight excluding hydrogens is 324 g/mol. The van der Waals surface area contributed by atoms with Crippen LogP contribution in [0.2, 0.25) is 0 Å². The molecule has 0 bridgehead atoms. The van der Waals surface area contributed by atoms with E-state index in [9.17, 15) is 5.11 Å². The average molecular weight is 333 g/mol. The van der Waals surface area contributed by atoms with Crippen molar-refractivity contribution >= 4 is 38.6 Å². The van der Waals surface area contributed by atoms with Gasteiger partial charge in [0.2, 0.25) is 0 Å². The zero-order valence-electron chi connectivity index (χ0n) is 9.75. The van der Waals surface area contributed by atoms with Crippen molar-refractivity contribution in [3.63, 3.8) is 0 Å². The van der Waals surface area contributed by atoms with Crippen molar-refractivity contribution in [3.8, 4) is 5.75 Å². The first-order valence-electron chi connectivity index (χ1n) is 5.59. The number of hydrogen-bond donors (Lipinski definition) is 1. The zero-order valence-corrected chi connectivity index (χ0v) is 12.1. The molecule has 5 heteroatoms. The number of benzene rings is 2. The molecule has 3 nitrogen and oxygen atoms in total. The van der Waals surface area contributed by atoms with Gasteiger partial charge < -0.3 is 5.11 Å². The second kappa shape index (κ2) is 5.19. The van der Waals surface area contributed by atoms with Gasteiger partial charge in [0, 0.05) is 14.8 Å². The van der Waals surface area contributed by atoms with Crippen LogP contribution in [0.25, 0.3) is 10.9 Å². The van der Waals surface area contributed by atoms with Crippen molar-refractivity contribution in [2.24, 2.45) is 0 Å². The smallest absolute Gasteiger partial charge is 0.117 e. The highest BCUT2D eigenvalue weighted by Gasteiger charge is 2.06. The van der Waals surface area contributed by atoms with Crippen molar-refractivity contribution in [2.75, 3.05) is 0 Å². The lowest BCUT2D eigenvalue weighted by Crippen LogP contribution is -1.86. The van der Waals surface area contributed by atoms with Gasteiger partial charge in [-0.15, -0.1) is 0 Å². The summed E-state index contributed by atoms with van der Waals surface area (Å²) in [6.45, 7) is 0. The van der Waals surface area contributed by atoms with E-state index in [-0.39, 0.29) is 5.75 Å². The number of phenols is 1. The molecule has 1 heterocycles. The molecule has 94 valence electrons. The molecule has 0 fully saturated rings. The van der Waals surface area contributed by atoms with Crippen molar-refractivity contribution in [1.29, 1.82) is 0 Å². The third-order valence-corrected chi connectivity index (χ3v) is 4.13. The maximum atomic E-state index is 9.29. The Labute approximate surface area is 122 Å². The third kappa shape index (κ3) is 2.72. The minimum atomic E-state index is 0.264. The Balaban J connectivity index is 2.05. The zero-order chi connectivity index (χ0) is 13.2. The molecule has 1 aromatic heterocycles. The summed E-state index contributed by atoms with van der Waals surface area (Å²) >= 11 is 5.02. The number of phenolic OH excluding ortho intramolecular Hbond substituents is 1. The number of aromatic nitrogens is 2. The van der Waals surface area contributed by atoms with Crippen molar-refractivity contribution in [2.45, 2.75) is 9.92 Å². The molecule has 1 N–H and O–H groups in total. The Hall–Kier alpha value is -1.59. The van der Waals surface area contributed by atoms with E-state index in [0.717, 1.165) is 25.3 Å². The summed E-state index contributed by atoms with van der Waals surface area (Å²) in [5, 5.41) is 11.2. The Bertz CT molecular complexity index is 731. The lowest BCUT2D eigenvalue weighted by molar-refractivity contribution is 0.475. The highest BCUT2D eigenvalue weighted by molar-refractivity contribution is 9.10. The summed E-state index contributed by atoms with van der Waals surface area (Å²) in [6.07, 6.45) is 1.57. The Morgan fingerprint density at radius 1 is 1.00 bits per heavy atom. The molecule has 0 saturated carbocycles. The maximum Gasteiger partial charge on any atom is 0.117 e. The first-order valence-corrected chi connectivity index (χ1v) is 7.20. The van der Waals surface area contributed by atoms with Crippen LogP contribution < -0.4 is 0 Å². The Morgan fingerprint density at radius 2 is 1.79 bits per heavy atom. The fraction of sp³-hybridized carbons (Fsp3) is 0. The number of rotatable bonds is 2. The van der Waals surface area contributed by atoms with Crippen LogP contribution in [-0.4, -0.2) is 15.1 Å². The van der Waals surface area contributed by atoms with Crippen molar-refractivity contribution < 1.29 is 5.11 Å². The molecule has 0 radical (unpaired) electrons. The molecule has 0 aliphatic carbocycles. The van der Waals surface area contributed by atoms with Crippen LogP contribution in [-0.2, 0) is 0 Å². The van der Waals surface area contributed by atoms with Crippen LogP contribution in [0.15, 0.2) is 63.2 Å². The van der Waals surface area contributed by atoms with Crippen molar-refractivity contribution in [1.82, 2.24) is 9.97 Å². The van der Waals surface area contributed by atoms with E-state index < -0.39 is 0 Å². The van der Waals surface area contributed by atoms with Gasteiger partial charge in [-0.25, -0.2) is 9.97 Å². The molecule has 19 heavy (non-hydrogen) atoms. The van der Waals surface area contributed by atoms with Gasteiger partial charge >= 0.3 is 0 Å². The van der Waals surface area contributed by atoms with E-state index in [1.54, 1.807) is 30.2 Å². The Morgan fingerprint density at radius 3 is 2.58 bits per heavy atom. The van der Waals surface area contributed by atoms with Crippen LogP contribution in [0.3, 0.4) is 0 Å². The molecule has 0 atom stereocenters. The monoisotopic (exact) mass is 332 g/mol. The van der Waals surface area contributed by atoms with Gasteiger partial charge in [0.05, 0.1) is 5.52 Å². The normalized spacial score (nSPS) is 10.8. The van der Waals surface area contributed by atoms with Crippen molar-refractivity contribution in [3.05, 3.63) is 53.3 Å². The number of nitrogens with zero attached hydrogens (tertiary/aromatic N) is 2. The topological polar surface area (TPSA) is 46.0 Å². The SMILES string of the molecule is Oc1ccc(Sc2ncnc3ccc(Br)cc23)cc1. The summed E-state index contributed by atoms with van der Waals surface area (Å²) in [4.78, 5) is 9.61. The molecule has 0 saturated heterocycles. The molecule has 0 unspecified atom stereocenters. The molecular formula is C14H9BrN2OS. The Kier molecular flexibility index (Phi) is 3.40. The molecule has 2 aromatic carbocycles. The largest absolute Gasteiger partial charge is 0.508 e. The van der Waals surface area contributed by atoms with Gasteiger partial charge in [-0.2, -0.15) is 0 Å².